The van der Waals surface area contributed by atoms with Crippen molar-refractivity contribution in [1.29, 1.82) is 0 Å². The summed E-state index contributed by atoms with van der Waals surface area (Å²) in [6, 6.07) is 8.36. The minimum absolute atomic E-state index is 0.0895. The summed E-state index contributed by atoms with van der Waals surface area (Å²) in [7, 11) is 0. The maximum Gasteiger partial charge on any atom is 0.225 e. The fraction of sp³-hybridized carbons (Fsp3) is 0.500. The van der Waals surface area contributed by atoms with Crippen molar-refractivity contribution >= 4 is 5.91 Å². The second kappa shape index (κ2) is 4.49. The van der Waals surface area contributed by atoms with Crippen molar-refractivity contribution in [1.82, 2.24) is 10.6 Å². The summed E-state index contributed by atoms with van der Waals surface area (Å²) in [5, 5.41) is 6.45. The predicted octanol–water partition coefficient (Wildman–Crippen LogP) is 1.99. The van der Waals surface area contributed by atoms with Crippen molar-refractivity contribution in [3.63, 3.8) is 0 Å². The molecule has 1 aliphatic rings. The third-order valence-electron chi connectivity index (χ3n) is 3.08. The first kappa shape index (κ1) is 12.1. The highest BCUT2D eigenvalue weighted by Gasteiger charge is 2.26. The Morgan fingerprint density at radius 3 is 2.76 bits per heavy atom. The summed E-state index contributed by atoms with van der Waals surface area (Å²) < 4.78 is 0. The highest BCUT2D eigenvalue weighted by molar-refractivity contribution is 5.81. The van der Waals surface area contributed by atoms with Gasteiger partial charge in [0.15, 0.2) is 0 Å². The maximum absolute atomic E-state index is 12.0. The summed E-state index contributed by atoms with van der Waals surface area (Å²) in [5.74, 6) is 0.0982. The molecule has 3 nitrogen and oxygen atoms in total. The molecule has 92 valence electrons. The van der Waals surface area contributed by atoms with Crippen molar-refractivity contribution in [3.8, 4) is 0 Å². The Bertz CT molecular complexity index is 420. The Labute approximate surface area is 103 Å². The van der Waals surface area contributed by atoms with E-state index in [0.717, 1.165) is 13.1 Å². The monoisotopic (exact) mass is 232 g/mol. The van der Waals surface area contributed by atoms with Gasteiger partial charge in [-0.25, -0.2) is 0 Å². The first-order valence-electron chi connectivity index (χ1n) is 6.08. The molecule has 0 saturated carbocycles. The number of hydrogen-bond donors (Lipinski definition) is 2. The van der Waals surface area contributed by atoms with Crippen LogP contribution < -0.4 is 10.6 Å². The maximum atomic E-state index is 12.0. The standard InChI is InChI=1S/C14H20N2O/c1-14(2,3)13(17)16-12-9-15-8-10-6-4-5-7-11(10)12/h4-7,12,15H,8-9H2,1-3H3,(H,16,17). The van der Waals surface area contributed by atoms with Crippen LogP contribution in [0.3, 0.4) is 0 Å². The van der Waals surface area contributed by atoms with Gasteiger partial charge in [0.05, 0.1) is 6.04 Å². The smallest absolute Gasteiger partial charge is 0.225 e. The van der Waals surface area contributed by atoms with Crippen LogP contribution in [0.25, 0.3) is 0 Å². The van der Waals surface area contributed by atoms with Gasteiger partial charge in [-0.2, -0.15) is 0 Å². The lowest BCUT2D eigenvalue weighted by atomic mass is 9.92. The van der Waals surface area contributed by atoms with Crippen molar-refractivity contribution in [2.45, 2.75) is 33.4 Å². The largest absolute Gasteiger partial charge is 0.348 e. The molecule has 1 aromatic carbocycles. The molecule has 1 heterocycles. The lowest BCUT2D eigenvalue weighted by molar-refractivity contribution is -0.129. The van der Waals surface area contributed by atoms with E-state index < -0.39 is 0 Å². The Morgan fingerprint density at radius 2 is 2.06 bits per heavy atom. The van der Waals surface area contributed by atoms with Gasteiger partial charge < -0.3 is 10.6 Å². The molecule has 17 heavy (non-hydrogen) atoms. The quantitative estimate of drug-likeness (QED) is 0.777. The molecule has 0 aromatic heterocycles. The van der Waals surface area contributed by atoms with Gasteiger partial charge in [-0.15, -0.1) is 0 Å². The molecule has 2 N–H and O–H groups in total. The second-order valence-electron chi connectivity index (χ2n) is 5.61. The molecule has 2 rings (SSSR count). The molecule has 1 amide bonds. The average Bonchev–Trinajstić information content (AvgIpc) is 2.28. The number of carbonyl (C=O) groups excluding carboxylic acids is 1. The van der Waals surface area contributed by atoms with Crippen molar-refractivity contribution < 1.29 is 4.79 Å². The molecule has 0 fully saturated rings. The highest BCUT2D eigenvalue weighted by Crippen LogP contribution is 2.23. The van der Waals surface area contributed by atoms with Crippen LogP contribution in [0.5, 0.6) is 0 Å². The Kier molecular flexibility index (Phi) is 3.20. The molecule has 0 spiro atoms. The van der Waals surface area contributed by atoms with Crippen LogP contribution in [0.4, 0.5) is 0 Å². The lowest BCUT2D eigenvalue weighted by Gasteiger charge is -2.29. The number of rotatable bonds is 1. The van der Waals surface area contributed by atoms with E-state index >= 15 is 0 Å². The first-order chi connectivity index (χ1) is 7.98. The fourth-order valence-electron chi connectivity index (χ4n) is 2.00. The van der Waals surface area contributed by atoms with E-state index in [1.165, 1.54) is 11.1 Å². The van der Waals surface area contributed by atoms with Gasteiger partial charge in [-0.3, -0.25) is 4.79 Å². The van der Waals surface area contributed by atoms with Gasteiger partial charge >= 0.3 is 0 Å². The van der Waals surface area contributed by atoms with Crippen LogP contribution in [-0.4, -0.2) is 12.5 Å². The number of nitrogens with one attached hydrogen (secondary N) is 2. The van der Waals surface area contributed by atoms with E-state index in [1.54, 1.807) is 0 Å². The highest BCUT2D eigenvalue weighted by atomic mass is 16.2. The van der Waals surface area contributed by atoms with Gasteiger partial charge in [0.1, 0.15) is 0 Å². The summed E-state index contributed by atoms with van der Waals surface area (Å²) in [5.41, 5.74) is 2.17. The Balaban J connectivity index is 2.17. The molecule has 1 atom stereocenters. The molecular weight excluding hydrogens is 212 g/mol. The van der Waals surface area contributed by atoms with E-state index in [0.29, 0.717) is 0 Å². The molecule has 1 unspecified atom stereocenters. The normalized spacial score (nSPS) is 19.6. The van der Waals surface area contributed by atoms with Crippen LogP contribution in [-0.2, 0) is 11.3 Å². The first-order valence-corrected chi connectivity index (χ1v) is 6.08. The molecule has 1 aromatic rings. The van der Waals surface area contributed by atoms with Gasteiger partial charge in [-0.1, -0.05) is 45.0 Å². The zero-order valence-corrected chi connectivity index (χ0v) is 10.7. The van der Waals surface area contributed by atoms with E-state index in [9.17, 15) is 4.79 Å². The molecule has 0 radical (unpaired) electrons. The predicted molar refractivity (Wildman–Crippen MR) is 68.5 cm³/mol. The minimum atomic E-state index is -0.341. The average molecular weight is 232 g/mol. The van der Waals surface area contributed by atoms with Gasteiger partial charge in [-0.05, 0) is 11.1 Å². The Morgan fingerprint density at radius 1 is 1.35 bits per heavy atom. The molecule has 0 aliphatic carbocycles. The van der Waals surface area contributed by atoms with E-state index in [-0.39, 0.29) is 17.4 Å². The van der Waals surface area contributed by atoms with Crippen LogP contribution in [0.15, 0.2) is 24.3 Å². The molecule has 3 heteroatoms. The number of hydrogen-bond acceptors (Lipinski definition) is 2. The SMILES string of the molecule is CC(C)(C)C(=O)NC1CNCc2ccccc21. The van der Waals surface area contributed by atoms with Crippen LogP contribution >= 0.6 is 0 Å². The molecular formula is C14H20N2O. The topological polar surface area (TPSA) is 41.1 Å². The Hall–Kier alpha value is -1.35. The molecule has 1 aliphatic heterocycles. The van der Waals surface area contributed by atoms with Crippen molar-refractivity contribution in [2.75, 3.05) is 6.54 Å². The zero-order valence-electron chi connectivity index (χ0n) is 10.7. The number of fused-ring (bicyclic) bond motifs is 1. The van der Waals surface area contributed by atoms with Crippen molar-refractivity contribution in [2.24, 2.45) is 5.41 Å². The third-order valence-corrected chi connectivity index (χ3v) is 3.08. The fourth-order valence-corrected chi connectivity index (χ4v) is 2.00. The third kappa shape index (κ3) is 2.67. The van der Waals surface area contributed by atoms with Crippen molar-refractivity contribution in [3.05, 3.63) is 35.4 Å². The van der Waals surface area contributed by atoms with Crippen LogP contribution in [0.2, 0.25) is 0 Å². The van der Waals surface area contributed by atoms with Gasteiger partial charge in [0.2, 0.25) is 5.91 Å². The summed E-state index contributed by atoms with van der Waals surface area (Å²) in [6.07, 6.45) is 0. The van der Waals surface area contributed by atoms with Crippen LogP contribution in [0, 0.1) is 5.41 Å². The summed E-state index contributed by atoms with van der Waals surface area (Å²) in [6.45, 7) is 7.50. The number of carbonyl (C=O) groups is 1. The van der Waals surface area contributed by atoms with Gasteiger partial charge in [0.25, 0.3) is 0 Å². The number of benzene rings is 1. The van der Waals surface area contributed by atoms with E-state index in [2.05, 4.69) is 22.8 Å². The minimum Gasteiger partial charge on any atom is -0.348 e. The zero-order chi connectivity index (χ0) is 12.5. The summed E-state index contributed by atoms with van der Waals surface area (Å²) >= 11 is 0. The summed E-state index contributed by atoms with van der Waals surface area (Å²) in [4.78, 5) is 12.0. The molecule has 0 saturated heterocycles. The van der Waals surface area contributed by atoms with Gasteiger partial charge in [0, 0.05) is 18.5 Å². The van der Waals surface area contributed by atoms with E-state index in [1.807, 2.05) is 32.9 Å². The second-order valence-corrected chi connectivity index (χ2v) is 5.61. The number of amides is 1. The lowest BCUT2D eigenvalue weighted by Crippen LogP contribution is -2.43. The van der Waals surface area contributed by atoms with E-state index in [4.69, 9.17) is 0 Å². The van der Waals surface area contributed by atoms with Crippen LogP contribution in [0.1, 0.15) is 37.9 Å². The molecule has 0 bridgehead atoms.